The minimum Gasteiger partial charge on any atom is -0.492 e. The zero-order valence-electron chi connectivity index (χ0n) is 14.2. The minimum absolute atomic E-state index is 0.320. The van der Waals surface area contributed by atoms with Crippen LogP contribution in [0.15, 0.2) is 53.5 Å². The largest absolute Gasteiger partial charge is 0.492 e. The highest BCUT2D eigenvalue weighted by Crippen LogP contribution is 2.16. The van der Waals surface area contributed by atoms with Gasteiger partial charge in [0.1, 0.15) is 12.4 Å². The van der Waals surface area contributed by atoms with Crippen LogP contribution in [0, 0.1) is 6.92 Å². The third kappa shape index (κ3) is 7.13. The van der Waals surface area contributed by atoms with Crippen LogP contribution in [0.25, 0.3) is 0 Å². The Morgan fingerprint density at radius 3 is 2.28 bits per heavy atom. The Morgan fingerprint density at radius 2 is 1.68 bits per heavy atom. The van der Waals surface area contributed by atoms with Crippen LogP contribution in [0.1, 0.15) is 5.56 Å². The summed E-state index contributed by atoms with van der Waals surface area (Å²) in [5.74, 6) is 0.944. The maximum Gasteiger partial charge on any atom is 0.229 e. The lowest BCUT2D eigenvalue weighted by Crippen LogP contribution is -2.23. The molecule has 134 valence electrons. The van der Waals surface area contributed by atoms with Gasteiger partial charge in [-0.15, -0.1) is 0 Å². The second-order valence-corrected chi connectivity index (χ2v) is 7.25. The van der Waals surface area contributed by atoms with Gasteiger partial charge < -0.3 is 15.8 Å². The molecule has 0 saturated heterocycles. The van der Waals surface area contributed by atoms with Crippen LogP contribution < -0.4 is 20.5 Å². The lowest BCUT2D eigenvalue weighted by atomic mass is 10.2. The van der Waals surface area contributed by atoms with E-state index in [1.54, 1.807) is 24.3 Å². The number of benzene rings is 2. The molecule has 2 aromatic rings. The van der Waals surface area contributed by atoms with Gasteiger partial charge in [-0.1, -0.05) is 17.7 Å². The van der Waals surface area contributed by atoms with Crippen molar-refractivity contribution in [3.63, 3.8) is 0 Å². The van der Waals surface area contributed by atoms with Gasteiger partial charge in [0, 0.05) is 11.4 Å². The van der Waals surface area contributed by atoms with Crippen molar-refractivity contribution in [3.8, 4) is 5.75 Å². The predicted octanol–water partition coefficient (Wildman–Crippen LogP) is 2.17. The zero-order chi connectivity index (χ0) is 18.3. The topological polar surface area (TPSA) is 106 Å². The highest BCUT2D eigenvalue weighted by atomic mass is 32.2. The summed E-state index contributed by atoms with van der Waals surface area (Å²) in [6.45, 7) is 2.77. The van der Waals surface area contributed by atoms with Gasteiger partial charge in [-0.3, -0.25) is 4.72 Å². The smallest absolute Gasteiger partial charge is 0.229 e. The summed E-state index contributed by atoms with van der Waals surface area (Å²) in [5, 5.41) is 3.00. The average molecular weight is 362 g/mol. The van der Waals surface area contributed by atoms with Gasteiger partial charge >= 0.3 is 0 Å². The SMILES string of the molecule is Cc1ccc(NC(N)=NCCOc2ccc(NS(C)(=O)=O)cc2)cc1. The third-order valence-electron chi connectivity index (χ3n) is 3.12. The molecule has 0 aromatic heterocycles. The van der Waals surface area contributed by atoms with Crippen LogP contribution >= 0.6 is 0 Å². The first-order valence-corrected chi connectivity index (χ1v) is 9.55. The van der Waals surface area contributed by atoms with Crippen LogP contribution in [-0.2, 0) is 10.0 Å². The van der Waals surface area contributed by atoms with Crippen molar-refractivity contribution in [2.75, 3.05) is 29.4 Å². The van der Waals surface area contributed by atoms with Crippen molar-refractivity contribution in [2.45, 2.75) is 6.92 Å². The fourth-order valence-electron chi connectivity index (χ4n) is 1.99. The molecule has 0 atom stereocenters. The number of guanidine groups is 1. The lowest BCUT2D eigenvalue weighted by molar-refractivity contribution is 0.329. The third-order valence-corrected chi connectivity index (χ3v) is 3.73. The Kier molecular flexibility index (Phi) is 6.24. The molecule has 0 aliphatic carbocycles. The van der Waals surface area contributed by atoms with E-state index in [1.165, 1.54) is 5.56 Å². The standard InChI is InChI=1S/C17H22N4O3S/c1-13-3-5-14(6-4-13)20-17(18)19-11-12-24-16-9-7-15(8-10-16)21-25(2,22)23/h3-10,21H,11-12H2,1-2H3,(H3,18,19,20). The van der Waals surface area contributed by atoms with Crippen molar-refractivity contribution in [1.29, 1.82) is 0 Å². The van der Waals surface area contributed by atoms with Crippen molar-refractivity contribution < 1.29 is 13.2 Å². The number of aliphatic imine (C=N–C) groups is 1. The number of nitrogens with one attached hydrogen (secondary N) is 2. The molecule has 0 fully saturated rings. The normalized spacial score (nSPS) is 11.8. The molecule has 8 heteroatoms. The van der Waals surface area contributed by atoms with Gasteiger partial charge in [-0.05, 0) is 43.3 Å². The quantitative estimate of drug-likeness (QED) is 0.398. The predicted molar refractivity (Wildman–Crippen MR) is 102 cm³/mol. The molecule has 0 heterocycles. The van der Waals surface area contributed by atoms with E-state index in [0.717, 1.165) is 11.9 Å². The molecule has 0 saturated carbocycles. The van der Waals surface area contributed by atoms with E-state index < -0.39 is 10.0 Å². The van der Waals surface area contributed by atoms with E-state index in [9.17, 15) is 8.42 Å². The van der Waals surface area contributed by atoms with Crippen molar-refractivity contribution in [1.82, 2.24) is 0 Å². The molecule has 7 nitrogen and oxygen atoms in total. The summed E-state index contributed by atoms with van der Waals surface area (Å²) < 4.78 is 30.2. The fraction of sp³-hybridized carbons (Fsp3) is 0.235. The van der Waals surface area contributed by atoms with Crippen molar-refractivity contribution in [2.24, 2.45) is 10.7 Å². The van der Waals surface area contributed by atoms with Crippen LogP contribution in [0.5, 0.6) is 5.75 Å². The Labute approximate surface area is 148 Å². The molecule has 0 amide bonds. The summed E-state index contributed by atoms with van der Waals surface area (Å²) in [7, 11) is -3.28. The van der Waals surface area contributed by atoms with E-state index in [-0.39, 0.29) is 0 Å². The highest BCUT2D eigenvalue weighted by Gasteiger charge is 2.02. The van der Waals surface area contributed by atoms with E-state index in [2.05, 4.69) is 15.0 Å². The maximum atomic E-state index is 11.1. The van der Waals surface area contributed by atoms with E-state index in [1.807, 2.05) is 31.2 Å². The number of aryl methyl sites for hydroxylation is 1. The zero-order valence-corrected chi connectivity index (χ0v) is 15.0. The molecule has 2 aromatic carbocycles. The molecule has 4 N–H and O–H groups in total. The number of ether oxygens (including phenoxy) is 1. The van der Waals surface area contributed by atoms with Gasteiger partial charge in [0.2, 0.25) is 10.0 Å². The van der Waals surface area contributed by atoms with Gasteiger partial charge in [-0.25, -0.2) is 13.4 Å². The Hall–Kier alpha value is -2.74. The van der Waals surface area contributed by atoms with E-state index in [0.29, 0.717) is 30.5 Å². The molecule has 25 heavy (non-hydrogen) atoms. The number of anilines is 2. The van der Waals surface area contributed by atoms with Crippen LogP contribution in [0.3, 0.4) is 0 Å². The van der Waals surface area contributed by atoms with Crippen molar-refractivity contribution in [3.05, 3.63) is 54.1 Å². The second-order valence-electron chi connectivity index (χ2n) is 5.51. The first-order valence-electron chi connectivity index (χ1n) is 7.66. The molecule has 0 aliphatic heterocycles. The van der Waals surface area contributed by atoms with Crippen molar-refractivity contribution >= 4 is 27.4 Å². The molecular formula is C17H22N4O3S. The van der Waals surface area contributed by atoms with E-state index >= 15 is 0 Å². The average Bonchev–Trinajstić information content (AvgIpc) is 2.54. The summed E-state index contributed by atoms with van der Waals surface area (Å²) in [5.41, 5.74) is 8.36. The van der Waals surface area contributed by atoms with Gasteiger partial charge in [0.05, 0.1) is 12.8 Å². The molecule has 2 rings (SSSR count). The Balaban J connectivity index is 1.77. The summed E-state index contributed by atoms with van der Waals surface area (Å²) in [6.07, 6.45) is 1.10. The number of nitrogens with two attached hydrogens (primary N) is 1. The van der Waals surface area contributed by atoms with Gasteiger partial charge in [0.25, 0.3) is 0 Å². The fourth-order valence-corrected chi connectivity index (χ4v) is 2.55. The minimum atomic E-state index is -3.28. The molecule has 0 radical (unpaired) electrons. The second kappa shape index (κ2) is 8.39. The molecule has 0 bridgehead atoms. The first kappa shape index (κ1) is 18.6. The number of rotatable bonds is 7. The Morgan fingerprint density at radius 1 is 1.08 bits per heavy atom. The van der Waals surface area contributed by atoms with Crippen LogP contribution in [0.4, 0.5) is 11.4 Å². The lowest BCUT2D eigenvalue weighted by Gasteiger charge is -2.08. The summed E-state index contributed by atoms with van der Waals surface area (Å²) in [6, 6.07) is 14.5. The number of nitrogens with zero attached hydrogens (tertiary/aromatic N) is 1. The van der Waals surface area contributed by atoms with Crippen LogP contribution in [-0.4, -0.2) is 33.8 Å². The van der Waals surface area contributed by atoms with Crippen LogP contribution in [0.2, 0.25) is 0 Å². The van der Waals surface area contributed by atoms with Gasteiger partial charge in [-0.2, -0.15) is 0 Å². The summed E-state index contributed by atoms with van der Waals surface area (Å²) in [4.78, 5) is 4.19. The number of hydrogen-bond donors (Lipinski definition) is 3. The molecule has 0 aliphatic rings. The number of hydrogen-bond acceptors (Lipinski definition) is 4. The monoisotopic (exact) mass is 362 g/mol. The maximum absolute atomic E-state index is 11.1. The van der Waals surface area contributed by atoms with Gasteiger partial charge in [0.15, 0.2) is 5.96 Å². The highest BCUT2D eigenvalue weighted by molar-refractivity contribution is 7.92. The number of sulfonamides is 1. The Bertz CT molecular complexity index is 816. The van der Waals surface area contributed by atoms with E-state index in [4.69, 9.17) is 10.5 Å². The summed E-state index contributed by atoms with van der Waals surface area (Å²) >= 11 is 0. The molecule has 0 unspecified atom stereocenters. The first-order chi connectivity index (χ1) is 11.8. The molecular weight excluding hydrogens is 340 g/mol. The molecule has 0 spiro atoms.